The molecule has 3 N–H and O–H groups in total. The van der Waals surface area contributed by atoms with Crippen LogP contribution in [0, 0.1) is 0 Å². The summed E-state index contributed by atoms with van der Waals surface area (Å²) >= 11 is 5.99. The second-order valence-electron chi connectivity index (χ2n) is 3.96. The molecule has 3 nitrogen and oxygen atoms in total. The standard InChI is InChI=1S/C11H13ClN2O/c1-5-8-3-7(12)4-9(6(2)13)10(8)14-11(5)15/h3-6H,13H2,1-2H3,(H,14,15). The Morgan fingerprint density at radius 1 is 1.53 bits per heavy atom. The van der Waals surface area contributed by atoms with Gasteiger partial charge in [-0.3, -0.25) is 4.79 Å². The molecule has 1 aromatic rings. The molecule has 0 saturated heterocycles. The first-order chi connectivity index (χ1) is 7.00. The highest BCUT2D eigenvalue weighted by Crippen LogP contribution is 2.39. The van der Waals surface area contributed by atoms with Gasteiger partial charge in [0.2, 0.25) is 5.91 Å². The Morgan fingerprint density at radius 2 is 2.20 bits per heavy atom. The van der Waals surface area contributed by atoms with Crippen LogP contribution >= 0.6 is 11.6 Å². The first-order valence-electron chi connectivity index (χ1n) is 4.90. The van der Waals surface area contributed by atoms with Crippen LogP contribution < -0.4 is 11.1 Å². The van der Waals surface area contributed by atoms with Gasteiger partial charge in [-0.2, -0.15) is 0 Å². The van der Waals surface area contributed by atoms with E-state index in [1.54, 1.807) is 0 Å². The van der Waals surface area contributed by atoms with E-state index < -0.39 is 0 Å². The van der Waals surface area contributed by atoms with Crippen molar-refractivity contribution in [1.29, 1.82) is 0 Å². The van der Waals surface area contributed by atoms with Crippen molar-refractivity contribution in [3.63, 3.8) is 0 Å². The molecule has 0 aliphatic carbocycles. The highest BCUT2D eigenvalue weighted by Gasteiger charge is 2.29. The maximum Gasteiger partial charge on any atom is 0.231 e. The van der Waals surface area contributed by atoms with Gasteiger partial charge in [0.15, 0.2) is 0 Å². The molecule has 0 fully saturated rings. The quantitative estimate of drug-likeness (QED) is 0.770. The van der Waals surface area contributed by atoms with Gasteiger partial charge < -0.3 is 11.1 Å². The molecule has 1 amide bonds. The highest BCUT2D eigenvalue weighted by atomic mass is 35.5. The third-order valence-corrected chi connectivity index (χ3v) is 2.98. The average Bonchev–Trinajstić information content (AvgIpc) is 2.43. The Labute approximate surface area is 93.6 Å². The van der Waals surface area contributed by atoms with Crippen LogP contribution in [0.5, 0.6) is 0 Å². The monoisotopic (exact) mass is 224 g/mol. The zero-order valence-electron chi connectivity index (χ0n) is 8.67. The van der Waals surface area contributed by atoms with E-state index in [2.05, 4.69) is 5.32 Å². The Bertz CT molecular complexity index is 429. The van der Waals surface area contributed by atoms with Gasteiger partial charge in [0.25, 0.3) is 0 Å². The minimum Gasteiger partial charge on any atom is -0.325 e. The summed E-state index contributed by atoms with van der Waals surface area (Å²) in [7, 11) is 0. The van der Waals surface area contributed by atoms with Crippen LogP contribution in [0.15, 0.2) is 12.1 Å². The molecule has 2 rings (SSSR count). The predicted molar refractivity (Wildman–Crippen MR) is 61.1 cm³/mol. The minimum atomic E-state index is -0.142. The van der Waals surface area contributed by atoms with Gasteiger partial charge in [-0.05, 0) is 37.1 Å². The molecular formula is C11H13ClN2O. The number of hydrogen-bond donors (Lipinski definition) is 2. The van der Waals surface area contributed by atoms with Gasteiger partial charge in [0.1, 0.15) is 0 Å². The van der Waals surface area contributed by atoms with E-state index >= 15 is 0 Å². The average molecular weight is 225 g/mol. The molecule has 1 aromatic carbocycles. The SMILES string of the molecule is CC(N)c1cc(Cl)cc2c1NC(=O)C2C. The van der Waals surface area contributed by atoms with Crippen LogP contribution in [0.3, 0.4) is 0 Å². The minimum absolute atomic E-state index is 0.00849. The number of nitrogens with two attached hydrogens (primary N) is 1. The molecule has 15 heavy (non-hydrogen) atoms. The molecule has 4 heteroatoms. The van der Waals surface area contributed by atoms with Crippen LogP contribution in [-0.4, -0.2) is 5.91 Å². The number of fused-ring (bicyclic) bond motifs is 1. The molecule has 2 atom stereocenters. The maximum absolute atomic E-state index is 11.5. The molecule has 1 aliphatic rings. The Hall–Kier alpha value is -1.06. The second-order valence-corrected chi connectivity index (χ2v) is 4.40. The Balaban J connectivity index is 2.62. The van der Waals surface area contributed by atoms with E-state index in [1.165, 1.54) is 0 Å². The third-order valence-electron chi connectivity index (χ3n) is 2.76. The lowest BCUT2D eigenvalue weighted by Gasteiger charge is -2.12. The lowest BCUT2D eigenvalue weighted by Crippen LogP contribution is -2.11. The fourth-order valence-corrected chi connectivity index (χ4v) is 2.10. The van der Waals surface area contributed by atoms with Crippen molar-refractivity contribution >= 4 is 23.2 Å². The summed E-state index contributed by atoms with van der Waals surface area (Å²) in [4.78, 5) is 11.5. The number of halogens is 1. The van der Waals surface area contributed by atoms with Crippen molar-refractivity contribution in [3.05, 3.63) is 28.3 Å². The second kappa shape index (κ2) is 3.51. The van der Waals surface area contributed by atoms with Crippen LogP contribution in [0.2, 0.25) is 5.02 Å². The fraction of sp³-hybridized carbons (Fsp3) is 0.364. The Morgan fingerprint density at radius 3 is 2.80 bits per heavy atom. The van der Waals surface area contributed by atoms with Crippen LogP contribution in [-0.2, 0) is 4.79 Å². The molecule has 1 heterocycles. The van der Waals surface area contributed by atoms with E-state index in [0.29, 0.717) is 5.02 Å². The Kier molecular flexibility index (Phi) is 2.44. The maximum atomic E-state index is 11.5. The van der Waals surface area contributed by atoms with Crippen molar-refractivity contribution in [2.45, 2.75) is 25.8 Å². The number of anilines is 1. The van der Waals surface area contributed by atoms with Gasteiger partial charge in [-0.1, -0.05) is 11.6 Å². The van der Waals surface area contributed by atoms with Crippen molar-refractivity contribution < 1.29 is 4.79 Å². The van der Waals surface area contributed by atoms with Crippen molar-refractivity contribution in [3.8, 4) is 0 Å². The number of hydrogen-bond acceptors (Lipinski definition) is 2. The van der Waals surface area contributed by atoms with E-state index in [0.717, 1.165) is 16.8 Å². The fourth-order valence-electron chi connectivity index (χ4n) is 1.87. The van der Waals surface area contributed by atoms with E-state index in [1.807, 2.05) is 26.0 Å². The van der Waals surface area contributed by atoms with Gasteiger partial charge in [0.05, 0.1) is 5.92 Å². The topological polar surface area (TPSA) is 55.1 Å². The van der Waals surface area contributed by atoms with E-state index in [9.17, 15) is 4.79 Å². The summed E-state index contributed by atoms with van der Waals surface area (Å²) < 4.78 is 0. The summed E-state index contributed by atoms with van der Waals surface area (Å²) in [6.07, 6.45) is 0. The number of nitrogens with one attached hydrogen (secondary N) is 1. The van der Waals surface area contributed by atoms with Gasteiger partial charge in [-0.15, -0.1) is 0 Å². The molecule has 1 aliphatic heterocycles. The third kappa shape index (κ3) is 1.62. The molecule has 0 radical (unpaired) electrons. The highest BCUT2D eigenvalue weighted by molar-refractivity contribution is 6.31. The number of benzene rings is 1. The smallest absolute Gasteiger partial charge is 0.231 e. The molecule has 0 bridgehead atoms. The summed E-state index contributed by atoms with van der Waals surface area (Å²) in [6, 6.07) is 3.50. The number of amides is 1. The lowest BCUT2D eigenvalue weighted by atomic mass is 9.98. The van der Waals surface area contributed by atoms with Crippen LogP contribution in [0.1, 0.15) is 36.9 Å². The molecule has 0 aromatic heterocycles. The van der Waals surface area contributed by atoms with Crippen molar-refractivity contribution in [2.24, 2.45) is 5.73 Å². The van der Waals surface area contributed by atoms with Crippen molar-refractivity contribution in [2.75, 3.05) is 5.32 Å². The van der Waals surface area contributed by atoms with Crippen LogP contribution in [0.25, 0.3) is 0 Å². The van der Waals surface area contributed by atoms with E-state index in [4.69, 9.17) is 17.3 Å². The first-order valence-corrected chi connectivity index (χ1v) is 5.28. The summed E-state index contributed by atoms with van der Waals surface area (Å²) in [6.45, 7) is 3.74. The number of carbonyl (C=O) groups is 1. The summed E-state index contributed by atoms with van der Waals surface area (Å²) in [5, 5.41) is 3.48. The van der Waals surface area contributed by atoms with Gasteiger partial charge in [-0.25, -0.2) is 0 Å². The largest absolute Gasteiger partial charge is 0.325 e. The van der Waals surface area contributed by atoms with Gasteiger partial charge >= 0.3 is 0 Å². The molecule has 0 spiro atoms. The predicted octanol–water partition coefficient (Wildman–Crippen LogP) is 2.42. The molecule has 0 saturated carbocycles. The lowest BCUT2D eigenvalue weighted by molar-refractivity contribution is -0.116. The molecular weight excluding hydrogens is 212 g/mol. The van der Waals surface area contributed by atoms with Crippen LogP contribution in [0.4, 0.5) is 5.69 Å². The molecule has 2 unspecified atom stereocenters. The van der Waals surface area contributed by atoms with Crippen molar-refractivity contribution in [1.82, 2.24) is 0 Å². The van der Waals surface area contributed by atoms with E-state index in [-0.39, 0.29) is 17.9 Å². The summed E-state index contributed by atoms with van der Waals surface area (Å²) in [5.41, 5.74) is 8.52. The molecule has 80 valence electrons. The zero-order valence-corrected chi connectivity index (χ0v) is 9.43. The number of rotatable bonds is 1. The normalized spacial score (nSPS) is 21.1. The number of carbonyl (C=O) groups excluding carboxylic acids is 1. The summed E-state index contributed by atoms with van der Waals surface area (Å²) in [5.74, 6) is -0.134. The van der Waals surface area contributed by atoms with Gasteiger partial charge in [0, 0.05) is 16.8 Å². The first kappa shape index (κ1) is 10.5. The zero-order chi connectivity index (χ0) is 11.2.